The highest BCUT2D eigenvalue weighted by Crippen LogP contribution is 2.32. The van der Waals surface area contributed by atoms with Gasteiger partial charge in [0.15, 0.2) is 0 Å². The number of nitrogens with zero attached hydrogens (tertiary/aromatic N) is 1. The molecule has 1 aliphatic rings. The molecule has 3 rings (SSSR count). The number of hydrogen-bond acceptors (Lipinski definition) is 3. The fourth-order valence-corrected chi connectivity index (χ4v) is 3.85. The van der Waals surface area contributed by atoms with Crippen LogP contribution in [0.3, 0.4) is 0 Å². The van der Waals surface area contributed by atoms with E-state index in [9.17, 15) is 4.79 Å². The largest absolute Gasteiger partial charge is 0.481 e. The molecule has 4 heteroatoms. The molecule has 1 saturated heterocycles. The van der Waals surface area contributed by atoms with E-state index in [1.54, 1.807) is 0 Å². The third kappa shape index (κ3) is 6.15. The average Bonchev–Trinajstić information content (AvgIpc) is 2.71. The smallest absolute Gasteiger partial charge is 0.304 e. The summed E-state index contributed by atoms with van der Waals surface area (Å²) >= 11 is 0. The number of aliphatic carboxylic acids is 1. The Balaban J connectivity index is 1.70. The molecule has 2 aromatic carbocycles. The van der Waals surface area contributed by atoms with E-state index in [1.165, 1.54) is 16.7 Å². The van der Waals surface area contributed by atoms with E-state index in [0.717, 1.165) is 25.9 Å². The molecule has 2 aromatic rings. The molecular formula is C25H33NO3. The molecule has 1 fully saturated rings. The van der Waals surface area contributed by atoms with Crippen LogP contribution in [0.15, 0.2) is 54.6 Å². The monoisotopic (exact) mass is 395 g/mol. The van der Waals surface area contributed by atoms with Crippen LogP contribution in [0.1, 0.15) is 62.8 Å². The number of carboxylic acids is 1. The highest BCUT2D eigenvalue weighted by Gasteiger charge is 2.25. The van der Waals surface area contributed by atoms with Gasteiger partial charge in [-0.3, -0.25) is 4.79 Å². The summed E-state index contributed by atoms with van der Waals surface area (Å²) in [6, 6.07) is 19.2. The summed E-state index contributed by atoms with van der Waals surface area (Å²) in [5, 5.41) is 8.89. The number of rotatable bonds is 7. The Morgan fingerprint density at radius 3 is 2.17 bits per heavy atom. The summed E-state index contributed by atoms with van der Waals surface area (Å²) in [6.07, 6.45) is 2.18. The molecule has 0 saturated carbocycles. The van der Waals surface area contributed by atoms with E-state index in [1.807, 2.05) is 6.07 Å². The predicted molar refractivity (Wildman–Crippen MR) is 116 cm³/mol. The normalized spacial score (nSPS) is 17.2. The minimum atomic E-state index is -0.730. The molecule has 1 aliphatic heterocycles. The topological polar surface area (TPSA) is 49.8 Å². The van der Waals surface area contributed by atoms with Crippen LogP contribution in [-0.4, -0.2) is 41.7 Å². The van der Waals surface area contributed by atoms with Crippen molar-refractivity contribution in [2.75, 3.05) is 19.6 Å². The van der Waals surface area contributed by atoms with Crippen molar-refractivity contribution in [3.63, 3.8) is 0 Å². The van der Waals surface area contributed by atoms with Crippen LogP contribution in [0.4, 0.5) is 0 Å². The summed E-state index contributed by atoms with van der Waals surface area (Å²) in [5.74, 6) is -0.730. The second-order valence-electron chi connectivity index (χ2n) is 8.98. The van der Waals surface area contributed by atoms with Gasteiger partial charge < -0.3 is 14.7 Å². The summed E-state index contributed by atoms with van der Waals surface area (Å²) in [7, 11) is 0. The highest BCUT2D eigenvalue weighted by molar-refractivity contribution is 5.66. The Hall–Kier alpha value is -2.17. The number of carboxylic acid groups (broad SMARTS) is 1. The van der Waals surface area contributed by atoms with Gasteiger partial charge in [-0.1, -0.05) is 75.4 Å². The van der Waals surface area contributed by atoms with Gasteiger partial charge in [0.2, 0.25) is 0 Å². The van der Waals surface area contributed by atoms with Gasteiger partial charge in [0.1, 0.15) is 6.10 Å². The second-order valence-corrected chi connectivity index (χ2v) is 8.98. The van der Waals surface area contributed by atoms with Gasteiger partial charge in [0.25, 0.3) is 0 Å². The van der Waals surface area contributed by atoms with Gasteiger partial charge in [-0.15, -0.1) is 0 Å². The summed E-state index contributed by atoms with van der Waals surface area (Å²) in [4.78, 5) is 13.0. The third-order valence-electron chi connectivity index (χ3n) is 5.69. The molecule has 156 valence electrons. The first-order valence-electron chi connectivity index (χ1n) is 10.6. The van der Waals surface area contributed by atoms with Crippen LogP contribution in [0.5, 0.6) is 0 Å². The quantitative estimate of drug-likeness (QED) is 0.714. The molecule has 1 heterocycles. The van der Waals surface area contributed by atoms with E-state index < -0.39 is 5.97 Å². The van der Waals surface area contributed by atoms with Crippen molar-refractivity contribution in [1.82, 2.24) is 4.90 Å². The maximum absolute atomic E-state index is 10.8. The van der Waals surface area contributed by atoms with Gasteiger partial charge in [-0.05, 0) is 34.9 Å². The van der Waals surface area contributed by atoms with Gasteiger partial charge >= 0.3 is 5.97 Å². The fraction of sp³-hybridized carbons (Fsp3) is 0.480. The molecule has 0 radical (unpaired) electrons. The van der Waals surface area contributed by atoms with E-state index in [4.69, 9.17) is 9.84 Å². The molecular weight excluding hydrogens is 362 g/mol. The van der Waals surface area contributed by atoms with Crippen LogP contribution in [0, 0.1) is 0 Å². The molecule has 0 spiro atoms. The van der Waals surface area contributed by atoms with E-state index in [-0.39, 0.29) is 24.0 Å². The predicted octanol–water partition coefficient (Wildman–Crippen LogP) is 5.03. The first-order valence-corrected chi connectivity index (χ1v) is 10.6. The standard InChI is InChI=1S/C25H33NO3/c1-25(2,3)21-11-9-20(10-12-21)24(19-7-5-4-6-8-19)29-22-13-16-26(17-14-22)18-15-23(27)28/h4-12,22,24H,13-18H2,1-3H3,(H,27,28). The maximum Gasteiger partial charge on any atom is 0.304 e. The van der Waals surface area contributed by atoms with Gasteiger partial charge in [0, 0.05) is 19.6 Å². The second kappa shape index (κ2) is 9.55. The van der Waals surface area contributed by atoms with E-state index in [2.05, 4.69) is 74.2 Å². The number of hydrogen-bond donors (Lipinski definition) is 1. The maximum atomic E-state index is 10.8. The minimum absolute atomic E-state index is 0.0826. The lowest BCUT2D eigenvalue weighted by atomic mass is 9.86. The van der Waals surface area contributed by atoms with Crippen LogP contribution in [0.25, 0.3) is 0 Å². The molecule has 1 N–H and O–H groups in total. The minimum Gasteiger partial charge on any atom is -0.481 e. The first-order chi connectivity index (χ1) is 13.8. The van der Waals surface area contributed by atoms with Crippen LogP contribution < -0.4 is 0 Å². The zero-order valence-electron chi connectivity index (χ0n) is 17.8. The number of benzene rings is 2. The molecule has 29 heavy (non-hydrogen) atoms. The van der Waals surface area contributed by atoms with Gasteiger partial charge in [-0.25, -0.2) is 0 Å². The molecule has 0 bridgehead atoms. The molecule has 1 atom stereocenters. The van der Waals surface area contributed by atoms with Gasteiger partial charge in [-0.2, -0.15) is 0 Å². The van der Waals surface area contributed by atoms with Crippen molar-refractivity contribution < 1.29 is 14.6 Å². The lowest BCUT2D eigenvalue weighted by Gasteiger charge is -2.34. The first kappa shape index (κ1) is 21.5. The van der Waals surface area contributed by atoms with E-state index in [0.29, 0.717) is 6.54 Å². The van der Waals surface area contributed by atoms with Crippen molar-refractivity contribution in [3.05, 3.63) is 71.3 Å². The summed E-state index contributed by atoms with van der Waals surface area (Å²) < 4.78 is 6.62. The van der Waals surface area contributed by atoms with Crippen LogP contribution in [-0.2, 0) is 14.9 Å². The van der Waals surface area contributed by atoms with E-state index >= 15 is 0 Å². The Morgan fingerprint density at radius 1 is 1.03 bits per heavy atom. The highest BCUT2D eigenvalue weighted by atomic mass is 16.5. The molecule has 0 aromatic heterocycles. The molecule has 4 nitrogen and oxygen atoms in total. The van der Waals surface area contributed by atoms with Crippen molar-refractivity contribution in [2.24, 2.45) is 0 Å². The zero-order valence-corrected chi connectivity index (χ0v) is 17.8. The number of ether oxygens (including phenoxy) is 1. The van der Waals surface area contributed by atoms with Crippen molar-refractivity contribution in [3.8, 4) is 0 Å². The molecule has 1 unspecified atom stereocenters. The van der Waals surface area contributed by atoms with Crippen LogP contribution >= 0.6 is 0 Å². The SMILES string of the molecule is CC(C)(C)c1ccc(C(OC2CCN(CCC(=O)O)CC2)c2ccccc2)cc1. The number of likely N-dealkylation sites (tertiary alicyclic amines) is 1. The summed E-state index contributed by atoms with van der Waals surface area (Å²) in [6.45, 7) is 9.09. The number of carbonyl (C=O) groups is 1. The number of piperidine rings is 1. The third-order valence-corrected chi connectivity index (χ3v) is 5.69. The van der Waals surface area contributed by atoms with Crippen molar-refractivity contribution in [1.29, 1.82) is 0 Å². The van der Waals surface area contributed by atoms with Crippen molar-refractivity contribution >= 4 is 5.97 Å². The average molecular weight is 396 g/mol. The lowest BCUT2D eigenvalue weighted by Crippen LogP contribution is -2.38. The molecule has 0 aliphatic carbocycles. The van der Waals surface area contributed by atoms with Gasteiger partial charge in [0.05, 0.1) is 12.5 Å². The van der Waals surface area contributed by atoms with Crippen molar-refractivity contribution in [2.45, 2.75) is 57.7 Å². The van der Waals surface area contributed by atoms with Crippen LogP contribution in [0.2, 0.25) is 0 Å². The zero-order chi connectivity index (χ0) is 20.9. The fourth-order valence-electron chi connectivity index (χ4n) is 3.85. The summed E-state index contributed by atoms with van der Waals surface area (Å²) in [5.41, 5.74) is 3.80. The lowest BCUT2D eigenvalue weighted by molar-refractivity contribution is -0.137. The molecule has 0 amide bonds. The Labute approximate surface area is 174 Å². The Morgan fingerprint density at radius 2 is 1.62 bits per heavy atom. The Bertz CT molecular complexity index is 772. The Kier molecular flexibility index (Phi) is 7.09.